The van der Waals surface area contributed by atoms with E-state index in [1.54, 1.807) is 0 Å². The molecule has 1 fully saturated rings. The van der Waals surface area contributed by atoms with Gasteiger partial charge in [0.1, 0.15) is 5.41 Å². The average molecular weight is 300 g/mol. The number of hydrogen-bond donors (Lipinski definition) is 3. The third-order valence-corrected chi connectivity index (χ3v) is 4.08. The van der Waals surface area contributed by atoms with E-state index in [2.05, 4.69) is 29.2 Å². The molecular weight excluding hydrogens is 272 g/mol. The van der Waals surface area contributed by atoms with E-state index in [9.17, 15) is 4.79 Å². The summed E-state index contributed by atoms with van der Waals surface area (Å²) in [4.78, 5) is 14.8. The second kappa shape index (κ2) is 8.84. The van der Waals surface area contributed by atoms with Crippen molar-refractivity contribution in [3.63, 3.8) is 0 Å². The Bertz CT molecular complexity index is 354. The summed E-state index contributed by atoms with van der Waals surface area (Å²) in [5.74, 6) is -0.196. The number of nitrogens with one attached hydrogen (secondary N) is 1. The molecule has 1 rings (SSSR count). The van der Waals surface area contributed by atoms with Crippen molar-refractivity contribution in [2.75, 3.05) is 39.4 Å². The maximum atomic E-state index is 12.5. The largest absolute Gasteiger partial charge is 0.409 e. The molecule has 4 N–H and O–H groups in total. The summed E-state index contributed by atoms with van der Waals surface area (Å²) in [7, 11) is 0. The van der Waals surface area contributed by atoms with Gasteiger partial charge in [0.2, 0.25) is 5.91 Å². The number of carbonyl (C=O) groups is 1. The van der Waals surface area contributed by atoms with Crippen LogP contribution in [0.2, 0.25) is 0 Å². The molecule has 0 saturated carbocycles. The molecule has 7 nitrogen and oxygen atoms in total. The van der Waals surface area contributed by atoms with Crippen LogP contribution < -0.4 is 11.1 Å². The van der Waals surface area contributed by atoms with Crippen molar-refractivity contribution < 1.29 is 14.7 Å². The number of nitrogens with zero attached hydrogens (tertiary/aromatic N) is 2. The van der Waals surface area contributed by atoms with Crippen molar-refractivity contribution in [3.05, 3.63) is 0 Å². The molecule has 0 bridgehead atoms. The summed E-state index contributed by atoms with van der Waals surface area (Å²) in [6.45, 7) is 8.48. The van der Waals surface area contributed by atoms with E-state index < -0.39 is 5.41 Å². The summed E-state index contributed by atoms with van der Waals surface area (Å²) in [6.07, 6.45) is 1.98. The summed E-state index contributed by atoms with van der Waals surface area (Å²) < 4.78 is 5.28. The standard InChI is InChI=1S/C14H28N4O3/c1-3-8-18(4-2)9-7-16-13(19)14(12(15)17-20)5-10-21-11-6-14/h20H,3-11H2,1-2H3,(H2,15,17)(H,16,19). The van der Waals surface area contributed by atoms with Gasteiger partial charge in [0, 0.05) is 26.3 Å². The Hall–Kier alpha value is -1.34. The Morgan fingerprint density at radius 2 is 2.05 bits per heavy atom. The molecular formula is C14H28N4O3. The molecule has 0 aromatic carbocycles. The van der Waals surface area contributed by atoms with Crippen molar-refractivity contribution >= 4 is 11.7 Å². The second-order valence-electron chi connectivity index (χ2n) is 5.37. The topological polar surface area (TPSA) is 100 Å². The van der Waals surface area contributed by atoms with E-state index >= 15 is 0 Å². The number of nitrogens with two attached hydrogens (primary N) is 1. The number of rotatable bonds is 8. The first-order valence-corrected chi connectivity index (χ1v) is 7.67. The summed E-state index contributed by atoms with van der Waals surface area (Å²) in [5, 5.41) is 14.9. The highest BCUT2D eigenvalue weighted by molar-refractivity contribution is 6.06. The minimum absolute atomic E-state index is 0.0239. The molecule has 0 aliphatic carbocycles. The smallest absolute Gasteiger partial charge is 0.234 e. The zero-order valence-corrected chi connectivity index (χ0v) is 13.1. The monoisotopic (exact) mass is 300 g/mol. The Balaban J connectivity index is 2.58. The molecule has 7 heteroatoms. The van der Waals surface area contributed by atoms with Crippen molar-refractivity contribution in [2.24, 2.45) is 16.3 Å². The van der Waals surface area contributed by atoms with Crippen LogP contribution in [0.25, 0.3) is 0 Å². The molecule has 21 heavy (non-hydrogen) atoms. The van der Waals surface area contributed by atoms with Crippen molar-refractivity contribution in [2.45, 2.75) is 33.1 Å². The van der Waals surface area contributed by atoms with Crippen LogP contribution in [0.15, 0.2) is 5.16 Å². The summed E-state index contributed by atoms with van der Waals surface area (Å²) in [6, 6.07) is 0. The molecule has 1 amide bonds. The molecule has 1 aliphatic heterocycles. The van der Waals surface area contributed by atoms with Crippen LogP contribution in [0.3, 0.4) is 0 Å². The minimum Gasteiger partial charge on any atom is -0.409 e. The fraction of sp³-hybridized carbons (Fsp3) is 0.857. The zero-order valence-electron chi connectivity index (χ0n) is 13.1. The number of amidine groups is 1. The van der Waals surface area contributed by atoms with Crippen molar-refractivity contribution in [3.8, 4) is 0 Å². The molecule has 0 atom stereocenters. The molecule has 0 spiro atoms. The fourth-order valence-electron chi connectivity index (χ4n) is 2.66. The highest BCUT2D eigenvalue weighted by atomic mass is 16.5. The van der Waals surface area contributed by atoms with Gasteiger partial charge < -0.3 is 25.9 Å². The minimum atomic E-state index is -0.936. The molecule has 0 unspecified atom stereocenters. The van der Waals surface area contributed by atoms with E-state index in [-0.39, 0.29) is 11.7 Å². The van der Waals surface area contributed by atoms with Gasteiger partial charge in [0.15, 0.2) is 5.84 Å². The molecule has 0 aromatic heterocycles. The first-order chi connectivity index (χ1) is 10.1. The normalized spacial score (nSPS) is 18.7. The lowest BCUT2D eigenvalue weighted by Crippen LogP contribution is -2.53. The third kappa shape index (κ3) is 4.57. The van der Waals surface area contributed by atoms with Crippen LogP contribution in [-0.4, -0.2) is 61.2 Å². The number of hydrogen-bond acceptors (Lipinski definition) is 5. The first-order valence-electron chi connectivity index (χ1n) is 7.67. The summed E-state index contributed by atoms with van der Waals surface area (Å²) in [5.41, 5.74) is 4.83. The number of likely N-dealkylation sites (N-methyl/N-ethyl adjacent to an activating group) is 1. The van der Waals surface area contributed by atoms with Gasteiger partial charge in [-0.05, 0) is 32.4 Å². The molecule has 0 aromatic rings. The number of amides is 1. The van der Waals surface area contributed by atoms with E-state index in [4.69, 9.17) is 15.7 Å². The van der Waals surface area contributed by atoms with Gasteiger partial charge in [-0.1, -0.05) is 19.0 Å². The van der Waals surface area contributed by atoms with Gasteiger partial charge in [-0.25, -0.2) is 0 Å². The Labute approximate surface area is 126 Å². The molecule has 1 aliphatic rings. The number of oxime groups is 1. The van der Waals surface area contributed by atoms with Crippen LogP contribution in [0.5, 0.6) is 0 Å². The highest BCUT2D eigenvalue weighted by Gasteiger charge is 2.44. The lowest BCUT2D eigenvalue weighted by molar-refractivity contribution is -0.131. The predicted octanol–water partition coefficient (Wildman–Crippen LogP) is 0.378. The predicted molar refractivity (Wildman–Crippen MR) is 81.3 cm³/mol. The van der Waals surface area contributed by atoms with Crippen LogP contribution in [-0.2, 0) is 9.53 Å². The Morgan fingerprint density at radius 3 is 2.57 bits per heavy atom. The summed E-state index contributed by atoms with van der Waals surface area (Å²) >= 11 is 0. The average Bonchev–Trinajstić information content (AvgIpc) is 2.53. The SMILES string of the molecule is CCCN(CC)CCNC(=O)C1(C(N)=NO)CCOCC1. The van der Waals surface area contributed by atoms with Gasteiger partial charge in [0.05, 0.1) is 0 Å². The van der Waals surface area contributed by atoms with Crippen molar-refractivity contribution in [1.29, 1.82) is 0 Å². The lowest BCUT2D eigenvalue weighted by atomic mass is 9.78. The van der Waals surface area contributed by atoms with E-state index in [1.165, 1.54) is 0 Å². The Morgan fingerprint density at radius 1 is 1.38 bits per heavy atom. The molecule has 1 saturated heterocycles. The third-order valence-electron chi connectivity index (χ3n) is 4.08. The van der Waals surface area contributed by atoms with Crippen LogP contribution in [0, 0.1) is 5.41 Å². The van der Waals surface area contributed by atoms with Gasteiger partial charge in [-0.15, -0.1) is 0 Å². The second-order valence-corrected chi connectivity index (χ2v) is 5.37. The van der Waals surface area contributed by atoms with Gasteiger partial charge in [-0.3, -0.25) is 4.79 Å². The zero-order chi connectivity index (χ0) is 15.7. The molecule has 0 radical (unpaired) electrons. The van der Waals surface area contributed by atoms with Crippen molar-refractivity contribution in [1.82, 2.24) is 10.2 Å². The van der Waals surface area contributed by atoms with Gasteiger partial charge in [-0.2, -0.15) is 0 Å². The van der Waals surface area contributed by atoms with E-state index in [1.807, 2.05) is 0 Å². The quantitative estimate of drug-likeness (QED) is 0.260. The van der Waals surface area contributed by atoms with Crippen LogP contribution in [0.4, 0.5) is 0 Å². The molecule has 1 heterocycles. The lowest BCUT2D eigenvalue weighted by Gasteiger charge is -2.34. The maximum Gasteiger partial charge on any atom is 0.234 e. The highest BCUT2D eigenvalue weighted by Crippen LogP contribution is 2.31. The van der Waals surface area contributed by atoms with Crippen LogP contribution in [0.1, 0.15) is 33.1 Å². The van der Waals surface area contributed by atoms with Crippen LogP contribution >= 0.6 is 0 Å². The van der Waals surface area contributed by atoms with E-state index in [0.29, 0.717) is 32.6 Å². The first kappa shape index (κ1) is 17.7. The molecule has 122 valence electrons. The maximum absolute atomic E-state index is 12.5. The van der Waals surface area contributed by atoms with E-state index in [0.717, 1.165) is 26.1 Å². The van der Waals surface area contributed by atoms with Gasteiger partial charge >= 0.3 is 0 Å². The number of ether oxygens (including phenoxy) is 1. The van der Waals surface area contributed by atoms with Gasteiger partial charge in [0.25, 0.3) is 0 Å². The number of carbonyl (C=O) groups excluding carboxylic acids is 1. The fourth-order valence-corrected chi connectivity index (χ4v) is 2.66. The Kier molecular flexibility index (Phi) is 7.45.